The Morgan fingerprint density at radius 1 is 1.40 bits per heavy atom. The molecule has 1 N–H and O–H groups in total. The Bertz CT molecular complexity index is 546. The Kier molecular flexibility index (Phi) is 3.32. The van der Waals surface area contributed by atoms with Crippen molar-refractivity contribution in [2.75, 3.05) is 13.7 Å². The molecule has 3 rings (SSSR count). The smallest absolute Gasteiger partial charge is 0.110 e. The zero-order valence-electron chi connectivity index (χ0n) is 11.9. The number of ether oxygens (including phenoxy) is 1. The van der Waals surface area contributed by atoms with Gasteiger partial charge in [0.1, 0.15) is 5.60 Å². The highest BCUT2D eigenvalue weighted by molar-refractivity contribution is 5.35. The third-order valence-corrected chi connectivity index (χ3v) is 5.09. The molecule has 0 aliphatic heterocycles. The second-order valence-corrected chi connectivity index (χ2v) is 6.27. The van der Waals surface area contributed by atoms with Gasteiger partial charge in [-0.15, -0.1) is 0 Å². The van der Waals surface area contributed by atoms with E-state index >= 15 is 0 Å². The molecule has 0 amide bonds. The van der Waals surface area contributed by atoms with Gasteiger partial charge in [0.05, 0.1) is 18.1 Å². The van der Waals surface area contributed by atoms with E-state index in [0.717, 1.165) is 25.7 Å². The maximum Gasteiger partial charge on any atom is 0.110 e. The summed E-state index contributed by atoms with van der Waals surface area (Å²) in [5, 5.41) is 21.0. The van der Waals surface area contributed by atoms with E-state index in [4.69, 9.17) is 4.74 Å². The Balaban J connectivity index is 1.99. The van der Waals surface area contributed by atoms with Crippen LogP contribution in [0.2, 0.25) is 0 Å². The molecule has 0 spiro atoms. The monoisotopic (exact) mass is 271 g/mol. The predicted octanol–water partition coefficient (Wildman–Crippen LogP) is 2.47. The van der Waals surface area contributed by atoms with Crippen LogP contribution in [0.5, 0.6) is 0 Å². The van der Waals surface area contributed by atoms with Crippen LogP contribution in [0.4, 0.5) is 0 Å². The van der Waals surface area contributed by atoms with Crippen LogP contribution in [0.1, 0.15) is 30.4 Å². The van der Waals surface area contributed by atoms with Crippen LogP contribution >= 0.6 is 0 Å². The standard InChI is InChI=1S/C17H21NO2/c1-20-12-17(19,15-6-7-15)16(11-18)9-8-13-4-2-3-5-14(13)10-16/h2-5,15,19H,6-10,12H2,1H3. The minimum absolute atomic E-state index is 0.215. The normalized spacial score (nSPS) is 28.2. The summed E-state index contributed by atoms with van der Waals surface area (Å²) in [5.74, 6) is 0.215. The van der Waals surface area contributed by atoms with Gasteiger partial charge in [-0.25, -0.2) is 0 Å². The summed E-state index contributed by atoms with van der Waals surface area (Å²) >= 11 is 0. The lowest BCUT2D eigenvalue weighted by Gasteiger charge is -2.45. The average molecular weight is 271 g/mol. The molecule has 0 radical (unpaired) electrons. The fourth-order valence-corrected chi connectivity index (χ4v) is 3.72. The van der Waals surface area contributed by atoms with Gasteiger partial charge in [-0.2, -0.15) is 5.26 Å². The van der Waals surface area contributed by atoms with Crippen LogP contribution in [0.25, 0.3) is 0 Å². The van der Waals surface area contributed by atoms with Crippen LogP contribution in [0, 0.1) is 22.7 Å². The number of hydrogen-bond acceptors (Lipinski definition) is 3. The molecule has 2 unspecified atom stereocenters. The summed E-state index contributed by atoms with van der Waals surface area (Å²) in [5.41, 5.74) is 0.798. The summed E-state index contributed by atoms with van der Waals surface area (Å²) in [7, 11) is 1.61. The van der Waals surface area contributed by atoms with E-state index in [9.17, 15) is 10.4 Å². The number of benzene rings is 1. The van der Waals surface area contributed by atoms with Crippen molar-refractivity contribution in [1.29, 1.82) is 5.26 Å². The number of fused-ring (bicyclic) bond motifs is 1. The molecule has 1 aromatic rings. The second kappa shape index (κ2) is 4.87. The average Bonchev–Trinajstić information content (AvgIpc) is 3.31. The first-order chi connectivity index (χ1) is 9.65. The lowest BCUT2D eigenvalue weighted by Crippen LogP contribution is -2.55. The van der Waals surface area contributed by atoms with Crippen LogP contribution in [0.3, 0.4) is 0 Å². The van der Waals surface area contributed by atoms with Gasteiger partial charge in [0.25, 0.3) is 0 Å². The minimum atomic E-state index is -1.01. The van der Waals surface area contributed by atoms with E-state index in [0.29, 0.717) is 6.42 Å². The Morgan fingerprint density at radius 2 is 2.10 bits per heavy atom. The molecule has 1 fully saturated rings. The van der Waals surface area contributed by atoms with Crippen LogP contribution in [0.15, 0.2) is 24.3 Å². The number of aliphatic hydroxyl groups is 1. The third kappa shape index (κ3) is 1.95. The van der Waals surface area contributed by atoms with Crippen molar-refractivity contribution in [3.8, 4) is 6.07 Å². The quantitative estimate of drug-likeness (QED) is 0.915. The summed E-state index contributed by atoms with van der Waals surface area (Å²) in [6, 6.07) is 10.7. The molecule has 0 bridgehead atoms. The molecular weight excluding hydrogens is 250 g/mol. The van der Waals surface area contributed by atoms with Gasteiger partial charge < -0.3 is 9.84 Å². The lowest BCUT2D eigenvalue weighted by molar-refractivity contribution is -0.123. The van der Waals surface area contributed by atoms with E-state index in [1.807, 2.05) is 12.1 Å². The van der Waals surface area contributed by atoms with E-state index < -0.39 is 11.0 Å². The van der Waals surface area contributed by atoms with Crippen molar-refractivity contribution < 1.29 is 9.84 Å². The van der Waals surface area contributed by atoms with Crippen LogP contribution < -0.4 is 0 Å². The minimum Gasteiger partial charge on any atom is -0.385 e. The van der Waals surface area contributed by atoms with E-state index in [1.165, 1.54) is 11.1 Å². The van der Waals surface area contributed by atoms with Gasteiger partial charge in [-0.3, -0.25) is 0 Å². The van der Waals surface area contributed by atoms with Crippen molar-refractivity contribution in [2.24, 2.45) is 11.3 Å². The molecular formula is C17H21NO2. The highest BCUT2D eigenvalue weighted by Gasteiger charge is 2.59. The molecule has 0 heterocycles. The highest BCUT2D eigenvalue weighted by atomic mass is 16.5. The van der Waals surface area contributed by atoms with Crippen molar-refractivity contribution >= 4 is 0 Å². The van der Waals surface area contributed by atoms with Gasteiger partial charge in [-0.05, 0) is 49.1 Å². The summed E-state index contributed by atoms with van der Waals surface area (Å²) < 4.78 is 5.28. The molecule has 3 heteroatoms. The summed E-state index contributed by atoms with van der Waals surface area (Å²) in [4.78, 5) is 0. The van der Waals surface area contributed by atoms with E-state index in [1.54, 1.807) is 7.11 Å². The predicted molar refractivity (Wildman–Crippen MR) is 76.1 cm³/mol. The molecule has 1 saturated carbocycles. The molecule has 2 aliphatic rings. The number of nitriles is 1. The van der Waals surface area contributed by atoms with Gasteiger partial charge in [0, 0.05) is 7.11 Å². The van der Waals surface area contributed by atoms with Crippen molar-refractivity contribution in [1.82, 2.24) is 0 Å². The fourth-order valence-electron chi connectivity index (χ4n) is 3.72. The molecule has 1 aromatic carbocycles. The molecule has 2 atom stereocenters. The lowest BCUT2D eigenvalue weighted by atomic mass is 9.61. The fraction of sp³-hybridized carbons (Fsp3) is 0.588. The zero-order chi connectivity index (χ0) is 14.2. The maximum absolute atomic E-state index is 11.2. The first-order valence-corrected chi connectivity index (χ1v) is 7.34. The number of rotatable bonds is 4. The Labute approximate surface area is 120 Å². The van der Waals surface area contributed by atoms with Gasteiger partial charge in [0.15, 0.2) is 0 Å². The molecule has 2 aliphatic carbocycles. The zero-order valence-corrected chi connectivity index (χ0v) is 11.9. The van der Waals surface area contributed by atoms with Crippen molar-refractivity contribution in [3.63, 3.8) is 0 Å². The van der Waals surface area contributed by atoms with Crippen molar-refractivity contribution in [3.05, 3.63) is 35.4 Å². The van der Waals surface area contributed by atoms with Gasteiger partial charge >= 0.3 is 0 Å². The highest BCUT2D eigenvalue weighted by Crippen LogP contribution is 2.53. The largest absolute Gasteiger partial charge is 0.385 e. The summed E-state index contributed by atoms with van der Waals surface area (Å²) in [6.45, 7) is 0.257. The topological polar surface area (TPSA) is 53.2 Å². The molecule has 3 nitrogen and oxygen atoms in total. The number of hydrogen-bond donors (Lipinski definition) is 1. The third-order valence-electron chi connectivity index (χ3n) is 5.09. The van der Waals surface area contributed by atoms with E-state index in [-0.39, 0.29) is 12.5 Å². The van der Waals surface area contributed by atoms with Gasteiger partial charge in [-0.1, -0.05) is 24.3 Å². The molecule has 0 aromatic heterocycles. The number of aryl methyl sites for hydroxylation is 1. The Morgan fingerprint density at radius 3 is 2.70 bits per heavy atom. The van der Waals surface area contributed by atoms with Crippen molar-refractivity contribution in [2.45, 2.75) is 37.7 Å². The van der Waals surface area contributed by atoms with E-state index in [2.05, 4.69) is 18.2 Å². The Hall–Kier alpha value is -1.37. The van der Waals surface area contributed by atoms with Gasteiger partial charge in [0.2, 0.25) is 0 Å². The second-order valence-electron chi connectivity index (χ2n) is 6.27. The first kappa shape index (κ1) is 13.6. The first-order valence-electron chi connectivity index (χ1n) is 7.34. The summed E-state index contributed by atoms with van der Waals surface area (Å²) in [6.07, 6.45) is 4.23. The maximum atomic E-state index is 11.2. The SMILES string of the molecule is COCC(O)(C1CC1)C1(C#N)CCc2ccccc2C1. The van der Waals surface area contributed by atoms with Crippen LogP contribution in [-0.4, -0.2) is 24.4 Å². The molecule has 20 heavy (non-hydrogen) atoms. The molecule has 0 saturated heterocycles. The molecule has 106 valence electrons. The van der Waals surface area contributed by atoms with Crippen LogP contribution in [-0.2, 0) is 17.6 Å². The number of methoxy groups -OCH3 is 1. The number of nitrogens with zero attached hydrogens (tertiary/aromatic N) is 1.